The maximum atomic E-state index is 13.4. The van der Waals surface area contributed by atoms with Gasteiger partial charge in [0.1, 0.15) is 5.57 Å². The van der Waals surface area contributed by atoms with Crippen molar-refractivity contribution in [2.24, 2.45) is 0 Å². The zero-order valence-corrected chi connectivity index (χ0v) is 15.5. The Morgan fingerprint density at radius 2 is 1.75 bits per heavy atom. The minimum absolute atomic E-state index is 0.0412. The first-order valence-corrected chi connectivity index (χ1v) is 9.11. The number of carbonyl (C=O) groups excluding carboxylic acids is 1. The average Bonchev–Trinajstić information content (AvgIpc) is 3.11. The highest BCUT2D eigenvalue weighted by Gasteiger charge is 2.44. The number of nitrogens with zero attached hydrogens (tertiary/aromatic N) is 1. The second kappa shape index (κ2) is 8.42. The van der Waals surface area contributed by atoms with Crippen LogP contribution in [0, 0.1) is 0 Å². The highest BCUT2D eigenvalue weighted by molar-refractivity contribution is 5.97. The van der Waals surface area contributed by atoms with Crippen molar-refractivity contribution in [2.45, 2.75) is 25.9 Å². The normalized spacial score (nSPS) is 15.9. The Labute approximate surface area is 161 Å². The molecule has 1 aliphatic rings. The molecule has 0 aromatic heterocycles. The van der Waals surface area contributed by atoms with Crippen molar-refractivity contribution < 1.29 is 27.3 Å². The van der Waals surface area contributed by atoms with Crippen LogP contribution in [0.2, 0.25) is 0 Å². The summed E-state index contributed by atoms with van der Waals surface area (Å²) < 4.78 is 46.7. The highest BCUT2D eigenvalue weighted by atomic mass is 19.4. The standard InChI is InChI=1S/C22H21F3NO2/c1-2-28-21(27)20(22(23,24)25)18-12-13-26(15-18)19-11-7-6-10-17(19)14-16-8-4-3-5-9-16/h3-11,15H,2,12-14H2,1H3/q+1/b20-18-. The molecule has 0 amide bonds. The summed E-state index contributed by atoms with van der Waals surface area (Å²) in [5.41, 5.74) is 1.72. The van der Waals surface area contributed by atoms with Crippen LogP contribution >= 0.6 is 0 Å². The van der Waals surface area contributed by atoms with Gasteiger partial charge in [0.2, 0.25) is 5.69 Å². The topological polar surface area (TPSA) is 29.3 Å². The van der Waals surface area contributed by atoms with Gasteiger partial charge in [0, 0.05) is 30.0 Å². The fraction of sp³-hybridized carbons (Fsp3) is 0.273. The lowest BCUT2D eigenvalue weighted by molar-refractivity contribution is -0.427. The molecule has 28 heavy (non-hydrogen) atoms. The molecule has 1 aliphatic heterocycles. The van der Waals surface area contributed by atoms with Crippen molar-refractivity contribution in [3.63, 3.8) is 0 Å². The molecule has 2 aromatic rings. The van der Waals surface area contributed by atoms with E-state index in [0.717, 1.165) is 16.8 Å². The summed E-state index contributed by atoms with van der Waals surface area (Å²) in [6.07, 6.45) is -2.53. The molecule has 0 fully saturated rings. The summed E-state index contributed by atoms with van der Waals surface area (Å²) in [5.74, 6) is -1.32. The van der Waals surface area contributed by atoms with Gasteiger partial charge in [-0.3, -0.25) is 0 Å². The number of hydrogen-bond donors (Lipinski definition) is 0. The van der Waals surface area contributed by atoms with Gasteiger partial charge in [-0.15, -0.1) is 0 Å². The Morgan fingerprint density at radius 3 is 2.43 bits per heavy atom. The molecule has 1 heterocycles. The van der Waals surface area contributed by atoms with E-state index in [-0.39, 0.29) is 18.6 Å². The average molecular weight is 388 g/mol. The molecule has 3 rings (SSSR count). The van der Waals surface area contributed by atoms with E-state index in [1.54, 1.807) is 4.58 Å². The SMILES string of the molecule is CCOC(=O)/C(=C1/C=[N+](c2ccccc2Cc2ccccc2)CC1)C(F)(F)F. The number of halogens is 3. The van der Waals surface area contributed by atoms with Crippen LogP contribution in [0.4, 0.5) is 18.9 Å². The van der Waals surface area contributed by atoms with Crippen molar-refractivity contribution in [1.29, 1.82) is 0 Å². The number of carbonyl (C=O) groups is 1. The second-order valence-electron chi connectivity index (χ2n) is 6.48. The van der Waals surface area contributed by atoms with Gasteiger partial charge < -0.3 is 4.74 Å². The lowest BCUT2D eigenvalue weighted by Crippen LogP contribution is -2.24. The largest absolute Gasteiger partial charge is 0.462 e. The summed E-state index contributed by atoms with van der Waals surface area (Å²) in [6, 6.07) is 17.5. The fourth-order valence-corrected chi connectivity index (χ4v) is 3.33. The van der Waals surface area contributed by atoms with Crippen molar-refractivity contribution in [1.82, 2.24) is 0 Å². The van der Waals surface area contributed by atoms with Gasteiger partial charge in [0.25, 0.3) is 0 Å². The summed E-state index contributed by atoms with van der Waals surface area (Å²) in [5, 5.41) is 0. The van der Waals surface area contributed by atoms with Gasteiger partial charge in [-0.2, -0.15) is 17.7 Å². The molecule has 3 nitrogen and oxygen atoms in total. The molecular weight excluding hydrogens is 367 g/mol. The first kappa shape index (κ1) is 19.9. The van der Waals surface area contributed by atoms with Gasteiger partial charge in [-0.05, 0) is 12.5 Å². The number of para-hydroxylation sites is 1. The van der Waals surface area contributed by atoms with Crippen LogP contribution in [-0.2, 0) is 16.0 Å². The Morgan fingerprint density at radius 1 is 1.07 bits per heavy atom. The first-order chi connectivity index (χ1) is 13.4. The van der Waals surface area contributed by atoms with E-state index in [9.17, 15) is 18.0 Å². The van der Waals surface area contributed by atoms with Crippen molar-refractivity contribution in [3.8, 4) is 0 Å². The van der Waals surface area contributed by atoms with E-state index >= 15 is 0 Å². The molecule has 0 spiro atoms. The molecular formula is C22H21F3NO2+. The second-order valence-corrected chi connectivity index (χ2v) is 6.48. The fourth-order valence-electron chi connectivity index (χ4n) is 3.33. The highest BCUT2D eigenvalue weighted by Crippen LogP contribution is 2.33. The molecule has 146 valence electrons. The van der Waals surface area contributed by atoms with Gasteiger partial charge in [-0.25, -0.2) is 4.79 Å². The first-order valence-electron chi connectivity index (χ1n) is 9.11. The number of benzene rings is 2. The molecule has 0 atom stereocenters. The molecule has 0 unspecified atom stereocenters. The molecule has 0 saturated carbocycles. The van der Waals surface area contributed by atoms with Crippen molar-refractivity contribution in [3.05, 3.63) is 76.9 Å². The maximum absolute atomic E-state index is 13.4. The Balaban J connectivity index is 1.98. The van der Waals surface area contributed by atoms with Crippen LogP contribution in [0.5, 0.6) is 0 Å². The number of hydrogen-bond acceptors (Lipinski definition) is 2. The minimum Gasteiger partial charge on any atom is -0.462 e. The molecule has 0 radical (unpaired) electrons. The molecule has 6 heteroatoms. The molecule has 0 saturated heterocycles. The third kappa shape index (κ3) is 4.50. The summed E-state index contributed by atoms with van der Waals surface area (Å²) in [4.78, 5) is 11.9. The number of ether oxygens (including phenoxy) is 1. The predicted molar refractivity (Wildman–Crippen MR) is 101 cm³/mol. The molecule has 0 N–H and O–H groups in total. The third-order valence-corrected chi connectivity index (χ3v) is 4.56. The van der Waals surface area contributed by atoms with Crippen LogP contribution < -0.4 is 0 Å². The van der Waals surface area contributed by atoms with Crippen LogP contribution in [0.1, 0.15) is 24.5 Å². The van der Waals surface area contributed by atoms with E-state index in [4.69, 9.17) is 0 Å². The summed E-state index contributed by atoms with van der Waals surface area (Å²) in [6.45, 7) is 1.76. The Hall–Kier alpha value is -2.89. The molecule has 0 bridgehead atoms. The van der Waals surface area contributed by atoms with Crippen LogP contribution in [-0.4, -0.2) is 36.1 Å². The lowest BCUT2D eigenvalue weighted by atomic mass is 10.0. The minimum atomic E-state index is -4.75. The monoisotopic (exact) mass is 388 g/mol. The number of esters is 1. The van der Waals surface area contributed by atoms with E-state index in [0.29, 0.717) is 13.0 Å². The summed E-state index contributed by atoms with van der Waals surface area (Å²) >= 11 is 0. The third-order valence-electron chi connectivity index (χ3n) is 4.56. The Kier molecular flexibility index (Phi) is 5.97. The van der Waals surface area contributed by atoms with Crippen LogP contribution in [0.25, 0.3) is 0 Å². The predicted octanol–water partition coefficient (Wildman–Crippen LogP) is 4.82. The zero-order chi connectivity index (χ0) is 20.1. The number of rotatable bonds is 5. The van der Waals surface area contributed by atoms with Gasteiger partial charge in [-0.1, -0.05) is 48.5 Å². The van der Waals surface area contributed by atoms with Gasteiger partial charge in [0.15, 0.2) is 12.8 Å². The van der Waals surface area contributed by atoms with E-state index in [1.807, 2.05) is 54.6 Å². The van der Waals surface area contributed by atoms with Crippen molar-refractivity contribution >= 4 is 17.9 Å². The molecule has 0 aliphatic carbocycles. The van der Waals surface area contributed by atoms with Crippen molar-refractivity contribution in [2.75, 3.05) is 13.2 Å². The van der Waals surface area contributed by atoms with Crippen LogP contribution in [0.3, 0.4) is 0 Å². The van der Waals surface area contributed by atoms with E-state index in [1.165, 1.54) is 13.1 Å². The Bertz CT molecular complexity index is 915. The maximum Gasteiger partial charge on any atom is 0.423 e. The quantitative estimate of drug-likeness (QED) is 0.418. The van der Waals surface area contributed by atoms with Gasteiger partial charge in [0.05, 0.1) is 6.61 Å². The van der Waals surface area contributed by atoms with E-state index < -0.39 is 17.7 Å². The molecule has 2 aromatic carbocycles. The summed E-state index contributed by atoms with van der Waals surface area (Å²) in [7, 11) is 0. The number of alkyl halides is 3. The van der Waals surface area contributed by atoms with Crippen LogP contribution in [0.15, 0.2) is 65.7 Å². The van der Waals surface area contributed by atoms with Gasteiger partial charge >= 0.3 is 12.1 Å². The zero-order valence-electron chi connectivity index (χ0n) is 15.5. The lowest BCUT2D eigenvalue weighted by Gasteiger charge is -2.11. The smallest absolute Gasteiger partial charge is 0.423 e. The van der Waals surface area contributed by atoms with E-state index in [2.05, 4.69) is 4.74 Å².